The standard InChI is InChI=1S/C18H17F5/c1-12-2-4-13(5-3-12)6-7-14-10-16(19)15(17(20)11-14)8-9-18(21,22)23/h6-7,10-13H,2-5H2,1H3/b7-6+. The second kappa shape index (κ2) is 7.16. The van der Waals surface area contributed by atoms with E-state index in [0.717, 1.165) is 43.7 Å². The summed E-state index contributed by atoms with van der Waals surface area (Å²) < 4.78 is 63.5. The van der Waals surface area contributed by atoms with Crippen LogP contribution in [0.3, 0.4) is 0 Å². The molecule has 0 nitrogen and oxygen atoms in total. The summed E-state index contributed by atoms with van der Waals surface area (Å²) in [4.78, 5) is 0. The van der Waals surface area contributed by atoms with E-state index in [4.69, 9.17) is 0 Å². The van der Waals surface area contributed by atoms with E-state index in [2.05, 4.69) is 6.92 Å². The summed E-state index contributed by atoms with van der Waals surface area (Å²) in [5.74, 6) is 1.31. The molecule has 0 aromatic heterocycles. The van der Waals surface area contributed by atoms with E-state index in [9.17, 15) is 22.0 Å². The lowest BCUT2D eigenvalue weighted by atomic mass is 9.83. The van der Waals surface area contributed by atoms with Crippen molar-refractivity contribution in [1.29, 1.82) is 0 Å². The largest absolute Gasteiger partial charge is 0.458 e. The number of halogens is 5. The summed E-state index contributed by atoms with van der Waals surface area (Å²) in [6.07, 6.45) is 3.09. The van der Waals surface area contributed by atoms with Crippen LogP contribution in [-0.2, 0) is 0 Å². The molecule has 0 heterocycles. The molecule has 1 aromatic rings. The van der Waals surface area contributed by atoms with Gasteiger partial charge >= 0.3 is 6.18 Å². The predicted octanol–water partition coefficient (Wildman–Crippen LogP) is 5.72. The molecule has 0 saturated heterocycles. The van der Waals surface area contributed by atoms with E-state index in [1.54, 1.807) is 6.08 Å². The molecule has 23 heavy (non-hydrogen) atoms. The van der Waals surface area contributed by atoms with Gasteiger partial charge in [0.05, 0.1) is 5.56 Å². The van der Waals surface area contributed by atoms with Crippen LogP contribution in [0.25, 0.3) is 6.08 Å². The number of hydrogen-bond donors (Lipinski definition) is 0. The molecular weight excluding hydrogens is 311 g/mol. The van der Waals surface area contributed by atoms with Gasteiger partial charge < -0.3 is 0 Å². The molecule has 2 rings (SSSR count). The fourth-order valence-electron chi connectivity index (χ4n) is 2.67. The average molecular weight is 328 g/mol. The van der Waals surface area contributed by atoms with E-state index < -0.39 is 23.4 Å². The molecule has 0 unspecified atom stereocenters. The van der Waals surface area contributed by atoms with Crippen molar-refractivity contribution in [2.24, 2.45) is 11.8 Å². The molecule has 1 aromatic carbocycles. The van der Waals surface area contributed by atoms with Crippen LogP contribution in [-0.4, -0.2) is 6.18 Å². The van der Waals surface area contributed by atoms with Crippen molar-refractivity contribution >= 4 is 6.08 Å². The summed E-state index contributed by atoms with van der Waals surface area (Å²) in [5, 5.41) is 0. The third kappa shape index (κ3) is 5.38. The Kier molecular flexibility index (Phi) is 5.46. The first-order valence-electron chi connectivity index (χ1n) is 7.52. The zero-order chi connectivity index (χ0) is 17.0. The zero-order valence-electron chi connectivity index (χ0n) is 12.7. The van der Waals surface area contributed by atoms with Crippen LogP contribution in [0.5, 0.6) is 0 Å². The van der Waals surface area contributed by atoms with Gasteiger partial charge in [0.2, 0.25) is 0 Å². The second-order valence-electron chi connectivity index (χ2n) is 5.99. The van der Waals surface area contributed by atoms with E-state index in [1.165, 1.54) is 5.92 Å². The van der Waals surface area contributed by atoms with Crippen LogP contribution in [0, 0.1) is 35.3 Å². The van der Waals surface area contributed by atoms with Crippen molar-refractivity contribution in [2.45, 2.75) is 38.8 Å². The Morgan fingerprint density at radius 3 is 2.13 bits per heavy atom. The van der Waals surface area contributed by atoms with Crippen LogP contribution in [0.15, 0.2) is 18.2 Å². The van der Waals surface area contributed by atoms with Gasteiger partial charge in [0.1, 0.15) is 11.6 Å². The Morgan fingerprint density at radius 1 is 1.04 bits per heavy atom. The first-order chi connectivity index (χ1) is 10.7. The molecular formula is C18H17F5. The smallest absolute Gasteiger partial charge is 0.205 e. The topological polar surface area (TPSA) is 0 Å². The lowest BCUT2D eigenvalue weighted by Gasteiger charge is -2.23. The molecule has 0 aliphatic heterocycles. The summed E-state index contributed by atoms with van der Waals surface area (Å²) in [7, 11) is 0. The Balaban J connectivity index is 2.14. The molecule has 0 radical (unpaired) electrons. The molecule has 1 saturated carbocycles. The van der Waals surface area contributed by atoms with E-state index >= 15 is 0 Å². The van der Waals surface area contributed by atoms with Crippen LogP contribution in [0.4, 0.5) is 22.0 Å². The van der Waals surface area contributed by atoms with Crippen molar-refractivity contribution in [3.63, 3.8) is 0 Å². The average Bonchev–Trinajstić information content (AvgIpc) is 2.44. The van der Waals surface area contributed by atoms with Gasteiger partial charge in [-0.05, 0) is 42.4 Å². The van der Waals surface area contributed by atoms with Crippen molar-refractivity contribution in [3.8, 4) is 11.8 Å². The van der Waals surface area contributed by atoms with Gasteiger partial charge in [0, 0.05) is 5.92 Å². The Labute approximate surface area is 132 Å². The van der Waals surface area contributed by atoms with Gasteiger partial charge in [0.25, 0.3) is 0 Å². The second-order valence-corrected chi connectivity index (χ2v) is 5.99. The summed E-state index contributed by atoms with van der Waals surface area (Å²) in [5.41, 5.74) is -0.567. The van der Waals surface area contributed by atoms with Gasteiger partial charge in [-0.1, -0.05) is 37.8 Å². The van der Waals surface area contributed by atoms with E-state index in [1.807, 2.05) is 6.08 Å². The van der Waals surface area contributed by atoms with Gasteiger partial charge in [0.15, 0.2) is 0 Å². The van der Waals surface area contributed by atoms with Crippen LogP contribution >= 0.6 is 0 Å². The van der Waals surface area contributed by atoms with Gasteiger partial charge in [-0.15, -0.1) is 0 Å². The molecule has 0 N–H and O–H groups in total. The fraction of sp³-hybridized carbons (Fsp3) is 0.444. The Bertz CT molecular complexity index is 615. The lowest BCUT2D eigenvalue weighted by molar-refractivity contribution is -0.0696. The van der Waals surface area contributed by atoms with Crippen molar-refractivity contribution in [2.75, 3.05) is 0 Å². The van der Waals surface area contributed by atoms with E-state index in [-0.39, 0.29) is 5.56 Å². The number of benzene rings is 1. The fourth-order valence-corrected chi connectivity index (χ4v) is 2.67. The van der Waals surface area contributed by atoms with Gasteiger partial charge in [-0.25, -0.2) is 8.78 Å². The third-order valence-corrected chi connectivity index (χ3v) is 4.02. The number of alkyl halides is 3. The third-order valence-electron chi connectivity index (χ3n) is 4.02. The minimum absolute atomic E-state index is 0.288. The molecule has 0 atom stereocenters. The van der Waals surface area contributed by atoms with Crippen molar-refractivity contribution in [3.05, 3.63) is 41.0 Å². The maximum Gasteiger partial charge on any atom is 0.458 e. The highest BCUT2D eigenvalue weighted by Gasteiger charge is 2.23. The van der Waals surface area contributed by atoms with Gasteiger partial charge in [-0.3, -0.25) is 0 Å². The van der Waals surface area contributed by atoms with E-state index in [0.29, 0.717) is 11.8 Å². The highest BCUT2D eigenvalue weighted by molar-refractivity contribution is 5.53. The predicted molar refractivity (Wildman–Crippen MR) is 79.4 cm³/mol. The SMILES string of the molecule is CC1CCC(/C=C/c2cc(F)c(C#CC(F)(F)F)c(F)c2)CC1. The maximum atomic E-state index is 13.8. The van der Waals surface area contributed by atoms with Crippen molar-refractivity contribution in [1.82, 2.24) is 0 Å². The summed E-state index contributed by atoms with van der Waals surface area (Å²) in [6.45, 7) is 2.20. The molecule has 1 aliphatic rings. The summed E-state index contributed by atoms with van der Waals surface area (Å²) >= 11 is 0. The number of allylic oxidation sites excluding steroid dienone is 1. The molecule has 0 bridgehead atoms. The quantitative estimate of drug-likeness (QED) is 0.481. The first kappa shape index (κ1) is 17.5. The normalized spacial score (nSPS) is 22.0. The molecule has 0 spiro atoms. The minimum Gasteiger partial charge on any atom is -0.205 e. The molecule has 1 fully saturated rings. The van der Waals surface area contributed by atoms with Crippen LogP contribution in [0.1, 0.15) is 43.7 Å². The minimum atomic E-state index is -4.78. The number of rotatable bonds is 2. The zero-order valence-corrected chi connectivity index (χ0v) is 12.7. The molecule has 5 heteroatoms. The summed E-state index contributed by atoms with van der Waals surface area (Å²) in [6, 6.07) is 2.01. The highest BCUT2D eigenvalue weighted by atomic mass is 19.4. The molecule has 124 valence electrons. The highest BCUT2D eigenvalue weighted by Crippen LogP contribution is 2.29. The first-order valence-corrected chi connectivity index (χ1v) is 7.52. The lowest BCUT2D eigenvalue weighted by Crippen LogP contribution is -2.09. The Hall–Kier alpha value is -1.83. The van der Waals surface area contributed by atoms with Crippen LogP contribution < -0.4 is 0 Å². The monoisotopic (exact) mass is 328 g/mol. The number of hydrogen-bond acceptors (Lipinski definition) is 0. The van der Waals surface area contributed by atoms with Gasteiger partial charge in [-0.2, -0.15) is 13.2 Å². The molecule has 1 aliphatic carbocycles. The Morgan fingerprint density at radius 2 is 1.61 bits per heavy atom. The van der Waals surface area contributed by atoms with Crippen molar-refractivity contribution < 1.29 is 22.0 Å². The van der Waals surface area contributed by atoms with Crippen LogP contribution in [0.2, 0.25) is 0 Å². The molecule has 0 amide bonds. The maximum absolute atomic E-state index is 13.8.